The van der Waals surface area contributed by atoms with Crippen molar-refractivity contribution >= 4 is 5.97 Å². The lowest BCUT2D eigenvalue weighted by Gasteiger charge is -2.12. The molecular weight excluding hydrogens is 233 g/mol. The summed E-state index contributed by atoms with van der Waals surface area (Å²) in [5.74, 6) is -2.34. The summed E-state index contributed by atoms with van der Waals surface area (Å²) in [7, 11) is 0. The van der Waals surface area contributed by atoms with Crippen molar-refractivity contribution in [2.75, 3.05) is 0 Å². The van der Waals surface area contributed by atoms with Gasteiger partial charge in [-0.05, 0) is 18.1 Å². The van der Waals surface area contributed by atoms with Crippen molar-refractivity contribution in [2.24, 2.45) is 0 Å². The molecule has 3 nitrogen and oxygen atoms in total. The van der Waals surface area contributed by atoms with E-state index in [-0.39, 0.29) is 6.42 Å². The highest BCUT2D eigenvalue weighted by Gasteiger charge is 2.21. The molecule has 1 heterocycles. The van der Waals surface area contributed by atoms with Crippen LogP contribution in [0.3, 0.4) is 0 Å². The molecule has 0 spiro atoms. The average molecular weight is 245 g/mol. The van der Waals surface area contributed by atoms with E-state index in [2.05, 4.69) is 4.98 Å². The van der Waals surface area contributed by atoms with Crippen molar-refractivity contribution in [3.8, 4) is 0 Å². The van der Waals surface area contributed by atoms with Crippen LogP contribution >= 0.6 is 0 Å². The van der Waals surface area contributed by atoms with Crippen LogP contribution in [0.1, 0.15) is 17.0 Å². The van der Waals surface area contributed by atoms with Gasteiger partial charge in [0.15, 0.2) is 0 Å². The minimum absolute atomic E-state index is 0.0962. The second-order valence-corrected chi connectivity index (χ2v) is 3.96. The Morgan fingerprint density at radius 3 is 2.56 bits per heavy atom. The monoisotopic (exact) mass is 245 g/mol. The first kappa shape index (κ1) is 12.2. The molecule has 18 heavy (non-hydrogen) atoms. The van der Waals surface area contributed by atoms with Gasteiger partial charge in [0.25, 0.3) is 0 Å². The second-order valence-electron chi connectivity index (χ2n) is 3.96. The summed E-state index contributed by atoms with van der Waals surface area (Å²) in [6.45, 7) is 0. The minimum atomic E-state index is -0.968. The average Bonchev–Trinajstić information content (AvgIpc) is 2.38. The highest BCUT2D eigenvalue weighted by atomic mass is 19.1. The van der Waals surface area contributed by atoms with Crippen molar-refractivity contribution < 1.29 is 14.3 Å². The van der Waals surface area contributed by atoms with Gasteiger partial charge >= 0.3 is 5.97 Å². The number of aromatic nitrogens is 1. The summed E-state index contributed by atoms with van der Waals surface area (Å²) in [6, 6.07) is 12.0. The van der Waals surface area contributed by atoms with Crippen molar-refractivity contribution in [3.05, 3.63) is 65.7 Å². The number of carboxylic acid groups (broad SMARTS) is 1. The number of pyridine rings is 1. The summed E-state index contributed by atoms with van der Waals surface area (Å²) in [5, 5.41) is 9.24. The molecule has 0 saturated carbocycles. The van der Waals surface area contributed by atoms with E-state index in [0.29, 0.717) is 11.1 Å². The molecule has 0 aliphatic heterocycles. The molecule has 1 atom stereocenters. The Morgan fingerprint density at radius 1 is 1.22 bits per heavy atom. The summed E-state index contributed by atoms with van der Waals surface area (Å²) in [6.07, 6.45) is 1.44. The van der Waals surface area contributed by atoms with Crippen LogP contribution in [0.15, 0.2) is 48.7 Å². The molecule has 2 aromatic rings. The van der Waals surface area contributed by atoms with Gasteiger partial charge in [0.05, 0.1) is 5.92 Å². The first-order valence-corrected chi connectivity index (χ1v) is 5.55. The van der Waals surface area contributed by atoms with Gasteiger partial charge < -0.3 is 5.11 Å². The molecule has 0 bridgehead atoms. The van der Waals surface area contributed by atoms with Gasteiger partial charge in [0, 0.05) is 11.8 Å². The SMILES string of the molecule is O=C(O)[C@@H](Cc1cccnc1F)c1ccccc1. The Balaban J connectivity index is 2.28. The van der Waals surface area contributed by atoms with Gasteiger partial charge in [-0.2, -0.15) is 4.39 Å². The van der Waals surface area contributed by atoms with Crippen LogP contribution in [0.2, 0.25) is 0 Å². The molecule has 4 heteroatoms. The third-order valence-electron chi connectivity index (χ3n) is 2.76. The molecule has 0 unspecified atom stereocenters. The van der Waals surface area contributed by atoms with E-state index in [9.17, 15) is 14.3 Å². The molecule has 0 radical (unpaired) electrons. The standard InChI is InChI=1S/C14H12FNO2/c15-13-11(7-4-8-16-13)9-12(14(17)18)10-5-2-1-3-6-10/h1-8,12H,9H2,(H,17,18)/t12-/m0/s1. The van der Waals surface area contributed by atoms with E-state index in [4.69, 9.17) is 0 Å². The fourth-order valence-corrected chi connectivity index (χ4v) is 1.82. The van der Waals surface area contributed by atoms with Crippen molar-refractivity contribution in [3.63, 3.8) is 0 Å². The maximum atomic E-state index is 13.4. The van der Waals surface area contributed by atoms with Crippen LogP contribution in [0.25, 0.3) is 0 Å². The van der Waals surface area contributed by atoms with Crippen molar-refractivity contribution in [2.45, 2.75) is 12.3 Å². The number of halogens is 1. The number of nitrogens with zero attached hydrogens (tertiary/aromatic N) is 1. The number of hydrogen-bond donors (Lipinski definition) is 1. The number of hydrogen-bond acceptors (Lipinski definition) is 2. The molecule has 0 aliphatic carbocycles. The van der Waals surface area contributed by atoms with Crippen LogP contribution in [-0.4, -0.2) is 16.1 Å². The molecule has 0 aliphatic rings. The largest absolute Gasteiger partial charge is 0.481 e. The van der Waals surface area contributed by atoms with Gasteiger partial charge in [-0.15, -0.1) is 0 Å². The molecule has 1 N–H and O–H groups in total. The number of rotatable bonds is 4. The molecule has 92 valence electrons. The zero-order valence-corrected chi connectivity index (χ0v) is 9.58. The highest BCUT2D eigenvalue weighted by molar-refractivity contribution is 5.76. The van der Waals surface area contributed by atoms with Gasteiger partial charge in [-0.25, -0.2) is 4.98 Å². The van der Waals surface area contributed by atoms with E-state index in [1.807, 2.05) is 6.07 Å². The quantitative estimate of drug-likeness (QED) is 0.842. The minimum Gasteiger partial charge on any atom is -0.481 e. The normalized spacial score (nSPS) is 12.1. The lowest BCUT2D eigenvalue weighted by molar-refractivity contribution is -0.138. The van der Waals surface area contributed by atoms with Crippen LogP contribution < -0.4 is 0 Å². The van der Waals surface area contributed by atoms with Crippen molar-refractivity contribution in [1.29, 1.82) is 0 Å². The Bertz CT molecular complexity index is 543. The second kappa shape index (κ2) is 5.40. The molecule has 0 amide bonds. The maximum Gasteiger partial charge on any atom is 0.311 e. The van der Waals surface area contributed by atoms with Gasteiger partial charge in [-0.1, -0.05) is 36.4 Å². The van der Waals surface area contributed by atoms with E-state index in [1.54, 1.807) is 36.4 Å². The third kappa shape index (κ3) is 2.71. The third-order valence-corrected chi connectivity index (χ3v) is 2.76. The number of carbonyl (C=O) groups is 1. The number of carboxylic acids is 1. The molecule has 2 rings (SSSR count). The van der Waals surface area contributed by atoms with Crippen LogP contribution in [0.4, 0.5) is 4.39 Å². The van der Waals surface area contributed by atoms with E-state index in [1.165, 1.54) is 6.20 Å². The van der Waals surface area contributed by atoms with E-state index >= 15 is 0 Å². The molecule has 0 fully saturated rings. The fourth-order valence-electron chi connectivity index (χ4n) is 1.82. The Hall–Kier alpha value is -2.23. The predicted molar refractivity (Wildman–Crippen MR) is 64.7 cm³/mol. The molecule has 1 aromatic carbocycles. The Kier molecular flexibility index (Phi) is 3.67. The topological polar surface area (TPSA) is 50.2 Å². The molecule has 1 aromatic heterocycles. The maximum absolute atomic E-state index is 13.4. The molecular formula is C14H12FNO2. The zero-order chi connectivity index (χ0) is 13.0. The summed E-state index contributed by atoms with van der Waals surface area (Å²) >= 11 is 0. The van der Waals surface area contributed by atoms with Gasteiger partial charge in [0.2, 0.25) is 5.95 Å². The predicted octanol–water partition coefficient (Wildman–Crippen LogP) is 2.63. The van der Waals surface area contributed by atoms with E-state index < -0.39 is 17.8 Å². The highest BCUT2D eigenvalue weighted by Crippen LogP contribution is 2.21. The molecule has 0 saturated heterocycles. The number of aliphatic carboxylic acids is 1. The van der Waals surface area contributed by atoms with Gasteiger partial charge in [0.1, 0.15) is 0 Å². The lowest BCUT2D eigenvalue weighted by Crippen LogP contribution is -2.15. The summed E-state index contributed by atoms with van der Waals surface area (Å²) in [4.78, 5) is 14.8. The number of benzene rings is 1. The summed E-state index contributed by atoms with van der Waals surface area (Å²) < 4.78 is 13.4. The van der Waals surface area contributed by atoms with E-state index in [0.717, 1.165) is 0 Å². The lowest BCUT2D eigenvalue weighted by atomic mass is 9.92. The Labute approximate surface area is 104 Å². The van der Waals surface area contributed by atoms with Gasteiger partial charge in [-0.3, -0.25) is 4.79 Å². The first-order chi connectivity index (χ1) is 8.68. The van der Waals surface area contributed by atoms with Crippen molar-refractivity contribution in [1.82, 2.24) is 4.98 Å². The fraction of sp³-hybridized carbons (Fsp3) is 0.143. The van der Waals surface area contributed by atoms with Crippen LogP contribution in [0, 0.1) is 5.95 Å². The van der Waals surface area contributed by atoms with Crippen LogP contribution in [0.5, 0.6) is 0 Å². The van der Waals surface area contributed by atoms with Crippen LogP contribution in [-0.2, 0) is 11.2 Å². The smallest absolute Gasteiger partial charge is 0.311 e. The zero-order valence-electron chi connectivity index (χ0n) is 9.58. The summed E-state index contributed by atoms with van der Waals surface area (Å²) in [5.41, 5.74) is 0.974. The Morgan fingerprint density at radius 2 is 1.94 bits per heavy atom. The first-order valence-electron chi connectivity index (χ1n) is 5.55.